The van der Waals surface area contributed by atoms with Gasteiger partial charge < -0.3 is 32.3 Å². The summed E-state index contributed by atoms with van der Waals surface area (Å²) in [6.07, 6.45) is 3.62. The SMILES string of the molecule is C[C@@H](O)[C@H](CC(=O)[C@@H](N)CCCCC(=N)N)C(=O)N[C@@H](CNC(=O)c1c2c(nc3ccccc13)CCCC2)C(=O)O. The molecule has 1 aromatic heterocycles. The van der Waals surface area contributed by atoms with Gasteiger partial charge in [0, 0.05) is 30.5 Å². The third kappa shape index (κ3) is 8.54. The van der Waals surface area contributed by atoms with Crippen molar-refractivity contribution in [1.29, 1.82) is 5.41 Å². The first-order valence-electron chi connectivity index (χ1n) is 14.0. The molecule has 1 aliphatic carbocycles. The van der Waals surface area contributed by atoms with Crippen molar-refractivity contribution in [3.8, 4) is 0 Å². The van der Waals surface area contributed by atoms with Crippen molar-refractivity contribution in [2.24, 2.45) is 17.4 Å². The Kier molecular flexibility index (Phi) is 11.3. The van der Waals surface area contributed by atoms with Crippen LogP contribution in [0.1, 0.15) is 73.5 Å². The number of carbonyl (C=O) groups is 4. The van der Waals surface area contributed by atoms with Crippen molar-refractivity contribution in [1.82, 2.24) is 15.6 Å². The fourth-order valence-corrected chi connectivity index (χ4v) is 5.09. The van der Waals surface area contributed by atoms with Crippen molar-refractivity contribution in [2.45, 2.75) is 82.9 Å². The van der Waals surface area contributed by atoms with E-state index < -0.39 is 54.2 Å². The summed E-state index contributed by atoms with van der Waals surface area (Å²) >= 11 is 0. The fraction of sp³-hybridized carbons (Fsp3) is 0.517. The first-order valence-corrected chi connectivity index (χ1v) is 14.0. The summed E-state index contributed by atoms with van der Waals surface area (Å²) in [5, 5.41) is 32.9. The molecule has 2 aromatic rings. The van der Waals surface area contributed by atoms with E-state index in [9.17, 15) is 29.4 Å². The largest absolute Gasteiger partial charge is 0.480 e. The number of carboxylic acids is 1. The van der Waals surface area contributed by atoms with Crippen LogP contribution in [0.15, 0.2) is 24.3 Å². The minimum absolute atomic E-state index is 0.0494. The van der Waals surface area contributed by atoms with E-state index in [1.807, 2.05) is 18.2 Å². The number of rotatable bonds is 15. The van der Waals surface area contributed by atoms with Crippen molar-refractivity contribution >= 4 is 40.3 Å². The van der Waals surface area contributed by atoms with E-state index in [4.69, 9.17) is 21.9 Å². The number of aliphatic hydroxyl groups is 1. The highest BCUT2D eigenvalue weighted by Crippen LogP contribution is 2.29. The van der Waals surface area contributed by atoms with Crippen LogP contribution in [0.5, 0.6) is 0 Å². The molecule has 0 radical (unpaired) electrons. The van der Waals surface area contributed by atoms with Crippen molar-refractivity contribution in [3.63, 3.8) is 0 Å². The number of benzene rings is 1. The van der Waals surface area contributed by atoms with E-state index >= 15 is 0 Å². The van der Waals surface area contributed by atoms with E-state index in [0.29, 0.717) is 48.6 Å². The molecule has 4 atom stereocenters. The predicted octanol–water partition coefficient (Wildman–Crippen LogP) is 1.19. The number of hydrogen-bond acceptors (Lipinski definition) is 8. The normalized spacial score (nSPS) is 15.7. The first-order chi connectivity index (χ1) is 19.5. The Morgan fingerprint density at radius 2 is 1.83 bits per heavy atom. The molecule has 12 nitrogen and oxygen atoms in total. The number of nitrogens with one attached hydrogen (secondary N) is 3. The molecule has 2 amide bonds. The minimum Gasteiger partial charge on any atom is -0.480 e. The smallest absolute Gasteiger partial charge is 0.328 e. The Labute approximate surface area is 238 Å². The van der Waals surface area contributed by atoms with Crippen LogP contribution in [0.4, 0.5) is 0 Å². The summed E-state index contributed by atoms with van der Waals surface area (Å²) in [7, 11) is 0. The lowest BCUT2D eigenvalue weighted by Crippen LogP contribution is -2.52. The second kappa shape index (κ2) is 14.6. The predicted molar refractivity (Wildman–Crippen MR) is 153 cm³/mol. The number of nitrogens with two attached hydrogens (primary N) is 2. The summed E-state index contributed by atoms with van der Waals surface area (Å²) in [4.78, 5) is 55.7. The van der Waals surface area contributed by atoms with Gasteiger partial charge in [-0.05, 0) is 57.1 Å². The van der Waals surface area contributed by atoms with Gasteiger partial charge in [0.05, 0.1) is 35.0 Å². The third-order valence-corrected chi connectivity index (χ3v) is 7.44. The molecule has 0 saturated heterocycles. The number of carbonyl (C=O) groups excluding carboxylic acids is 3. The molecule has 12 heteroatoms. The summed E-state index contributed by atoms with van der Waals surface area (Å²) in [5.41, 5.74) is 14.2. The number of unbranched alkanes of at least 4 members (excludes halogenated alkanes) is 1. The van der Waals surface area contributed by atoms with Gasteiger partial charge in [-0.25, -0.2) is 4.79 Å². The average molecular weight is 569 g/mol. The topological polar surface area (TPSA) is 222 Å². The highest BCUT2D eigenvalue weighted by atomic mass is 16.4. The summed E-state index contributed by atoms with van der Waals surface area (Å²) in [6.45, 7) is 0.937. The molecule has 1 aliphatic rings. The zero-order chi connectivity index (χ0) is 30.1. The van der Waals surface area contributed by atoms with Crippen molar-refractivity contribution < 1.29 is 29.4 Å². The van der Waals surface area contributed by atoms with E-state index in [2.05, 4.69) is 10.6 Å². The zero-order valence-electron chi connectivity index (χ0n) is 23.3. The molecule has 222 valence electrons. The van der Waals surface area contributed by atoms with Gasteiger partial charge in [0.15, 0.2) is 0 Å². The van der Waals surface area contributed by atoms with E-state index in [1.165, 1.54) is 6.92 Å². The van der Waals surface area contributed by atoms with Gasteiger partial charge in [0.25, 0.3) is 5.91 Å². The number of para-hydroxylation sites is 1. The fourth-order valence-electron chi connectivity index (χ4n) is 5.09. The van der Waals surface area contributed by atoms with Crippen LogP contribution in [-0.2, 0) is 27.2 Å². The Morgan fingerprint density at radius 1 is 1.12 bits per heavy atom. The molecule has 0 unspecified atom stereocenters. The maximum Gasteiger partial charge on any atom is 0.328 e. The Bertz CT molecular complexity index is 1300. The number of aliphatic carboxylic acids is 1. The van der Waals surface area contributed by atoms with Crippen molar-refractivity contribution in [2.75, 3.05) is 6.54 Å². The number of aliphatic hydroxyl groups excluding tert-OH is 1. The summed E-state index contributed by atoms with van der Waals surface area (Å²) < 4.78 is 0. The number of aryl methyl sites for hydroxylation is 1. The second-order valence-corrected chi connectivity index (χ2v) is 10.6. The highest BCUT2D eigenvalue weighted by Gasteiger charge is 2.32. The maximum atomic E-state index is 13.4. The van der Waals surface area contributed by atoms with Crippen LogP contribution >= 0.6 is 0 Å². The number of amidine groups is 1. The van der Waals surface area contributed by atoms with Gasteiger partial charge in [-0.15, -0.1) is 0 Å². The highest BCUT2D eigenvalue weighted by molar-refractivity contribution is 6.08. The molecule has 0 spiro atoms. The second-order valence-electron chi connectivity index (χ2n) is 10.6. The van der Waals surface area contributed by atoms with E-state index in [-0.39, 0.29) is 12.3 Å². The van der Waals surface area contributed by atoms with Crippen LogP contribution < -0.4 is 22.1 Å². The minimum atomic E-state index is -1.49. The van der Waals surface area contributed by atoms with Gasteiger partial charge in [-0.3, -0.25) is 24.8 Å². The van der Waals surface area contributed by atoms with E-state index in [0.717, 1.165) is 30.5 Å². The zero-order valence-corrected chi connectivity index (χ0v) is 23.3. The lowest BCUT2D eigenvalue weighted by Gasteiger charge is -2.24. The first kappa shape index (κ1) is 31.6. The number of carboxylic acid groups (broad SMARTS) is 1. The number of hydrogen-bond donors (Lipinski definition) is 7. The van der Waals surface area contributed by atoms with E-state index in [1.54, 1.807) is 6.07 Å². The number of nitrogens with zero attached hydrogens (tertiary/aromatic N) is 1. The number of ketones is 1. The Hall–Kier alpha value is -3.90. The lowest BCUT2D eigenvalue weighted by atomic mass is 9.89. The van der Waals surface area contributed by atoms with Crippen LogP contribution in [-0.4, -0.2) is 69.3 Å². The lowest BCUT2D eigenvalue weighted by molar-refractivity contribution is -0.143. The number of amides is 2. The molecular weight excluding hydrogens is 528 g/mol. The molecule has 0 fully saturated rings. The van der Waals surface area contributed by atoms with Crippen LogP contribution in [0, 0.1) is 11.3 Å². The standard InChI is InChI=1S/C29H40N6O6/c1-16(36)19(14-24(37)20(30)10-4-7-13-25(31)32)27(38)35-23(29(40)41)15-33-28(39)26-17-8-2-5-11-21(17)34-22-12-6-3-9-18(22)26/h2,5,8,11,16,19-20,23,36H,3-4,6-7,9-10,12-15,30H2,1H3,(H3,31,32)(H,33,39)(H,35,38)(H,40,41)/t16-,19+,20+,23+/m1/s1. The number of Topliss-reactive ketones (excluding diaryl/α,β-unsaturated/α-hetero) is 1. The van der Waals surface area contributed by atoms with Gasteiger partial charge in [-0.2, -0.15) is 0 Å². The molecule has 0 saturated carbocycles. The van der Waals surface area contributed by atoms with Gasteiger partial charge in [0.2, 0.25) is 5.91 Å². The van der Waals surface area contributed by atoms with Gasteiger partial charge in [-0.1, -0.05) is 24.6 Å². The van der Waals surface area contributed by atoms with Gasteiger partial charge in [0.1, 0.15) is 11.8 Å². The molecule has 3 rings (SSSR count). The third-order valence-electron chi connectivity index (χ3n) is 7.44. The molecule has 1 aromatic carbocycles. The molecule has 0 bridgehead atoms. The summed E-state index contributed by atoms with van der Waals surface area (Å²) in [5.74, 6) is -4.28. The summed E-state index contributed by atoms with van der Waals surface area (Å²) in [6, 6.07) is 4.93. The maximum absolute atomic E-state index is 13.4. The molecule has 1 heterocycles. The Morgan fingerprint density at radius 3 is 2.51 bits per heavy atom. The average Bonchev–Trinajstić information content (AvgIpc) is 2.93. The molecule has 0 aliphatic heterocycles. The Balaban J connectivity index is 1.66. The quantitative estimate of drug-likeness (QED) is 0.0930. The number of pyridine rings is 1. The molecule has 41 heavy (non-hydrogen) atoms. The van der Waals surface area contributed by atoms with Crippen LogP contribution in [0.3, 0.4) is 0 Å². The molecular formula is C29H40N6O6. The van der Waals surface area contributed by atoms with Gasteiger partial charge >= 0.3 is 5.97 Å². The number of aromatic nitrogens is 1. The molecule has 9 N–H and O–H groups in total. The van der Waals surface area contributed by atoms with Crippen LogP contribution in [0.2, 0.25) is 0 Å². The monoisotopic (exact) mass is 568 g/mol. The van der Waals surface area contributed by atoms with Crippen molar-refractivity contribution in [3.05, 3.63) is 41.1 Å². The van der Waals surface area contributed by atoms with Crippen LogP contribution in [0.25, 0.3) is 10.9 Å². The number of fused-ring (bicyclic) bond motifs is 2.